The highest BCUT2D eigenvalue weighted by Gasteiger charge is 2.37. The van der Waals surface area contributed by atoms with Gasteiger partial charge in [-0.25, -0.2) is 4.98 Å². The molecule has 1 aromatic carbocycles. The Bertz CT molecular complexity index is 740. The lowest BCUT2D eigenvalue weighted by Crippen LogP contribution is -2.42. The number of benzene rings is 1. The van der Waals surface area contributed by atoms with Crippen LogP contribution in [-0.2, 0) is 5.41 Å². The summed E-state index contributed by atoms with van der Waals surface area (Å²) < 4.78 is 0. The largest absolute Gasteiger partial charge is 0.362 e. The standard InChI is InChI=1S/C19H23N5/c1-15-13-21-18(22-17(15)23(2)3)24-11-9-19(14-20,10-12-24)16-7-5-4-6-8-16/h4-8,13H,9-12H2,1-3H3. The summed E-state index contributed by atoms with van der Waals surface area (Å²) in [5.74, 6) is 1.70. The fraction of sp³-hybridized carbons (Fsp3) is 0.421. The number of nitriles is 1. The molecule has 0 amide bonds. The summed E-state index contributed by atoms with van der Waals surface area (Å²) in [6.45, 7) is 3.60. The van der Waals surface area contributed by atoms with Crippen molar-refractivity contribution in [3.8, 4) is 6.07 Å². The number of hydrogen-bond acceptors (Lipinski definition) is 5. The van der Waals surface area contributed by atoms with Crippen molar-refractivity contribution in [1.29, 1.82) is 5.26 Å². The van der Waals surface area contributed by atoms with Gasteiger partial charge in [0.05, 0.1) is 11.5 Å². The first-order valence-electron chi connectivity index (χ1n) is 8.28. The minimum absolute atomic E-state index is 0.396. The highest BCUT2D eigenvalue weighted by atomic mass is 15.3. The van der Waals surface area contributed by atoms with Crippen molar-refractivity contribution in [3.05, 3.63) is 47.7 Å². The number of nitrogens with zero attached hydrogens (tertiary/aromatic N) is 5. The van der Waals surface area contributed by atoms with Crippen molar-refractivity contribution < 1.29 is 0 Å². The van der Waals surface area contributed by atoms with Crippen LogP contribution in [0.25, 0.3) is 0 Å². The van der Waals surface area contributed by atoms with Gasteiger partial charge in [-0.3, -0.25) is 0 Å². The molecule has 1 saturated heterocycles. The van der Waals surface area contributed by atoms with Crippen LogP contribution in [0.3, 0.4) is 0 Å². The van der Waals surface area contributed by atoms with Crippen molar-refractivity contribution in [2.24, 2.45) is 0 Å². The van der Waals surface area contributed by atoms with Gasteiger partial charge in [-0.2, -0.15) is 10.2 Å². The fourth-order valence-electron chi connectivity index (χ4n) is 3.34. The summed E-state index contributed by atoms with van der Waals surface area (Å²) >= 11 is 0. The van der Waals surface area contributed by atoms with E-state index < -0.39 is 5.41 Å². The third-order valence-electron chi connectivity index (χ3n) is 4.80. The minimum Gasteiger partial charge on any atom is -0.362 e. The Labute approximate surface area is 143 Å². The van der Waals surface area contributed by atoms with E-state index in [1.54, 1.807) is 0 Å². The van der Waals surface area contributed by atoms with Crippen LogP contribution in [0, 0.1) is 18.3 Å². The first-order chi connectivity index (χ1) is 11.6. The van der Waals surface area contributed by atoms with E-state index in [1.807, 2.05) is 50.3 Å². The summed E-state index contributed by atoms with van der Waals surface area (Å²) in [6.07, 6.45) is 3.46. The molecule has 1 fully saturated rings. The lowest BCUT2D eigenvalue weighted by molar-refractivity contribution is 0.412. The molecule has 0 radical (unpaired) electrons. The van der Waals surface area contributed by atoms with Crippen LogP contribution in [0.5, 0.6) is 0 Å². The average Bonchev–Trinajstić information content (AvgIpc) is 2.63. The van der Waals surface area contributed by atoms with E-state index in [9.17, 15) is 5.26 Å². The van der Waals surface area contributed by atoms with Crippen molar-refractivity contribution in [3.63, 3.8) is 0 Å². The van der Waals surface area contributed by atoms with Gasteiger partial charge in [-0.1, -0.05) is 30.3 Å². The molecule has 5 nitrogen and oxygen atoms in total. The van der Waals surface area contributed by atoms with Gasteiger partial charge in [0.15, 0.2) is 0 Å². The van der Waals surface area contributed by atoms with Crippen molar-refractivity contribution in [2.75, 3.05) is 37.0 Å². The first-order valence-corrected chi connectivity index (χ1v) is 8.28. The second-order valence-corrected chi connectivity index (χ2v) is 6.62. The molecule has 0 bridgehead atoms. The van der Waals surface area contributed by atoms with Gasteiger partial charge in [0.2, 0.25) is 5.95 Å². The number of hydrogen-bond donors (Lipinski definition) is 0. The zero-order valence-electron chi connectivity index (χ0n) is 14.5. The van der Waals surface area contributed by atoms with Gasteiger partial charge >= 0.3 is 0 Å². The number of aryl methyl sites for hydroxylation is 1. The van der Waals surface area contributed by atoms with Gasteiger partial charge in [0.1, 0.15) is 5.82 Å². The second kappa shape index (κ2) is 6.48. The van der Waals surface area contributed by atoms with E-state index in [1.165, 1.54) is 0 Å². The van der Waals surface area contributed by atoms with Crippen molar-refractivity contribution >= 4 is 11.8 Å². The summed E-state index contributed by atoms with van der Waals surface area (Å²) in [4.78, 5) is 13.4. The Hall–Kier alpha value is -2.61. The molecule has 3 rings (SSSR count). The van der Waals surface area contributed by atoms with Crippen LogP contribution < -0.4 is 9.80 Å². The fourth-order valence-corrected chi connectivity index (χ4v) is 3.34. The quantitative estimate of drug-likeness (QED) is 0.870. The average molecular weight is 321 g/mol. The zero-order chi connectivity index (χ0) is 17.2. The summed E-state index contributed by atoms with van der Waals surface area (Å²) in [5.41, 5.74) is 1.79. The number of anilines is 2. The molecule has 1 aromatic heterocycles. The Morgan fingerprint density at radius 1 is 1.17 bits per heavy atom. The molecule has 1 aliphatic rings. The van der Waals surface area contributed by atoms with Crippen LogP contribution in [0.15, 0.2) is 36.5 Å². The van der Waals surface area contributed by atoms with Crippen LogP contribution in [0.2, 0.25) is 0 Å². The lowest BCUT2D eigenvalue weighted by atomic mass is 9.74. The smallest absolute Gasteiger partial charge is 0.227 e. The number of aromatic nitrogens is 2. The summed E-state index contributed by atoms with van der Waals surface area (Å²) in [5, 5.41) is 9.80. The Kier molecular flexibility index (Phi) is 4.39. The van der Waals surface area contributed by atoms with Crippen LogP contribution in [-0.4, -0.2) is 37.2 Å². The predicted octanol–water partition coefficient (Wildman–Crippen LogP) is 2.91. The molecule has 0 saturated carbocycles. The van der Waals surface area contributed by atoms with E-state index in [2.05, 4.69) is 28.1 Å². The molecule has 24 heavy (non-hydrogen) atoms. The van der Waals surface area contributed by atoms with Gasteiger partial charge < -0.3 is 9.80 Å². The molecular weight excluding hydrogens is 298 g/mol. The van der Waals surface area contributed by atoms with E-state index in [-0.39, 0.29) is 0 Å². The maximum absolute atomic E-state index is 9.80. The molecular formula is C19H23N5. The van der Waals surface area contributed by atoms with Gasteiger partial charge in [0.25, 0.3) is 0 Å². The van der Waals surface area contributed by atoms with Gasteiger partial charge in [0, 0.05) is 38.9 Å². The molecule has 0 N–H and O–H groups in total. The Morgan fingerprint density at radius 3 is 2.42 bits per heavy atom. The molecule has 0 unspecified atom stereocenters. The van der Waals surface area contributed by atoms with Crippen LogP contribution in [0.1, 0.15) is 24.0 Å². The van der Waals surface area contributed by atoms with E-state index >= 15 is 0 Å². The molecule has 124 valence electrons. The van der Waals surface area contributed by atoms with Gasteiger partial charge in [-0.05, 0) is 25.3 Å². The molecule has 2 heterocycles. The second-order valence-electron chi connectivity index (χ2n) is 6.62. The van der Waals surface area contributed by atoms with Crippen molar-refractivity contribution in [1.82, 2.24) is 9.97 Å². The normalized spacial score (nSPS) is 16.5. The van der Waals surface area contributed by atoms with Crippen molar-refractivity contribution in [2.45, 2.75) is 25.2 Å². The van der Waals surface area contributed by atoms with E-state index in [4.69, 9.17) is 4.98 Å². The van der Waals surface area contributed by atoms with Gasteiger partial charge in [-0.15, -0.1) is 0 Å². The number of rotatable bonds is 3. The molecule has 1 aliphatic heterocycles. The van der Waals surface area contributed by atoms with Crippen LogP contribution in [0.4, 0.5) is 11.8 Å². The molecule has 0 aliphatic carbocycles. The van der Waals surface area contributed by atoms with E-state index in [0.29, 0.717) is 0 Å². The highest BCUT2D eigenvalue weighted by Crippen LogP contribution is 2.35. The SMILES string of the molecule is Cc1cnc(N2CCC(C#N)(c3ccccc3)CC2)nc1N(C)C. The van der Waals surface area contributed by atoms with Crippen LogP contribution >= 0.6 is 0 Å². The molecule has 5 heteroatoms. The third-order valence-corrected chi connectivity index (χ3v) is 4.80. The molecule has 2 aromatic rings. The Morgan fingerprint density at radius 2 is 1.83 bits per heavy atom. The number of piperidine rings is 1. The predicted molar refractivity (Wildman–Crippen MR) is 96.3 cm³/mol. The minimum atomic E-state index is -0.396. The first kappa shape index (κ1) is 16.3. The summed E-state index contributed by atoms with van der Waals surface area (Å²) in [7, 11) is 3.98. The maximum Gasteiger partial charge on any atom is 0.227 e. The highest BCUT2D eigenvalue weighted by molar-refractivity contribution is 5.49. The Balaban J connectivity index is 1.80. The summed E-state index contributed by atoms with van der Waals surface area (Å²) in [6, 6.07) is 12.7. The molecule has 0 spiro atoms. The third kappa shape index (κ3) is 2.92. The monoisotopic (exact) mass is 321 g/mol. The molecule has 0 atom stereocenters. The lowest BCUT2D eigenvalue weighted by Gasteiger charge is -2.37. The van der Waals surface area contributed by atoms with E-state index in [0.717, 1.165) is 48.8 Å². The topological polar surface area (TPSA) is 56.1 Å². The zero-order valence-corrected chi connectivity index (χ0v) is 14.5. The maximum atomic E-state index is 9.80.